The van der Waals surface area contributed by atoms with Crippen molar-refractivity contribution in [3.05, 3.63) is 29.0 Å². The van der Waals surface area contributed by atoms with Crippen LogP contribution in [0.2, 0.25) is 5.02 Å². The summed E-state index contributed by atoms with van der Waals surface area (Å²) in [6.07, 6.45) is 1.01. The highest BCUT2D eigenvalue weighted by atomic mass is 35.5. The molecule has 18 heavy (non-hydrogen) atoms. The lowest BCUT2D eigenvalue weighted by atomic mass is 10.00. The highest BCUT2D eigenvalue weighted by Gasteiger charge is 2.25. The van der Waals surface area contributed by atoms with Crippen LogP contribution in [0.5, 0.6) is 5.75 Å². The lowest BCUT2D eigenvalue weighted by Gasteiger charge is -2.22. The van der Waals surface area contributed by atoms with E-state index in [0.29, 0.717) is 17.5 Å². The van der Waals surface area contributed by atoms with Crippen molar-refractivity contribution in [2.24, 2.45) is 5.92 Å². The Hall–Kier alpha value is -0.840. The fraction of sp³-hybridized carbons (Fsp3) is 0.538. The first-order valence-corrected chi connectivity index (χ1v) is 6.41. The predicted octanol–water partition coefficient (Wildman–Crippen LogP) is 2.48. The molecular formula is C13H17ClFNO2. The van der Waals surface area contributed by atoms with Crippen molar-refractivity contribution in [3.63, 3.8) is 0 Å². The summed E-state index contributed by atoms with van der Waals surface area (Å²) in [5.74, 6) is 0.226. The van der Waals surface area contributed by atoms with Crippen LogP contribution in [0.1, 0.15) is 6.42 Å². The van der Waals surface area contributed by atoms with Gasteiger partial charge in [0.1, 0.15) is 6.61 Å². The molecule has 0 spiro atoms. The first-order valence-electron chi connectivity index (χ1n) is 6.03. The van der Waals surface area contributed by atoms with Gasteiger partial charge in [0.25, 0.3) is 0 Å². The van der Waals surface area contributed by atoms with Crippen molar-refractivity contribution in [1.82, 2.24) is 5.32 Å². The molecule has 1 aliphatic heterocycles. The molecule has 0 amide bonds. The standard InChI is InChI=1S/C13H17ClFNO2/c1-16-12(9-4-5-17-7-9)8-18-13-3-2-10(14)6-11(13)15/h2-3,6,9,12,16H,4-5,7-8H2,1H3. The maximum absolute atomic E-state index is 13.5. The van der Waals surface area contributed by atoms with Gasteiger partial charge in [0.05, 0.1) is 6.61 Å². The number of rotatable bonds is 5. The second-order valence-electron chi connectivity index (χ2n) is 4.40. The number of benzene rings is 1. The topological polar surface area (TPSA) is 30.5 Å². The lowest BCUT2D eigenvalue weighted by Crippen LogP contribution is -2.39. The fourth-order valence-electron chi connectivity index (χ4n) is 2.10. The van der Waals surface area contributed by atoms with Crippen molar-refractivity contribution in [2.45, 2.75) is 12.5 Å². The van der Waals surface area contributed by atoms with E-state index in [2.05, 4.69) is 5.32 Å². The summed E-state index contributed by atoms with van der Waals surface area (Å²) in [4.78, 5) is 0. The van der Waals surface area contributed by atoms with Gasteiger partial charge in [0.15, 0.2) is 11.6 Å². The molecule has 1 aromatic rings. The zero-order chi connectivity index (χ0) is 13.0. The Bertz CT molecular complexity index is 397. The molecule has 3 nitrogen and oxygen atoms in total. The summed E-state index contributed by atoms with van der Waals surface area (Å²) >= 11 is 5.69. The van der Waals surface area contributed by atoms with E-state index in [-0.39, 0.29) is 11.8 Å². The van der Waals surface area contributed by atoms with Gasteiger partial charge in [-0.05, 0) is 31.7 Å². The van der Waals surface area contributed by atoms with Gasteiger partial charge >= 0.3 is 0 Å². The molecule has 5 heteroatoms. The summed E-state index contributed by atoms with van der Waals surface area (Å²) in [7, 11) is 1.88. The SMILES string of the molecule is CNC(COc1ccc(Cl)cc1F)C1CCOC1. The normalized spacial score (nSPS) is 20.9. The molecule has 1 aromatic carbocycles. The van der Waals surface area contributed by atoms with Crippen LogP contribution in [0.4, 0.5) is 4.39 Å². The third kappa shape index (κ3) is 3.34. The highest BCUT2D eigenvalue weighted by molar-refractivity contribution is 6.30. The van der Waals surface area contributed by atoms with Gasteiger partial charge in [-0.3, -0.25) is 0 Å². The second-order valence-corrected chi connectivity index (χ2v) is 4.84. The predicted molar refractivity (Wildman–Crippen MR) is 68.7 cm³/mol. The van der Waals surface area contributed by atoms with Crippen molar-refractivity contribution >= 4 is 11.6 Å². The molecule has 1 N–H and O–H groups in total. The van der Waals surface area contributed by atoms with E-state index in [1.807, 2.05) is 7.05 Å². The average molecular weight is 274 g/mol. The smallest absolute Gasteiger partial charge is 0.166 e. The van der Waals surface area contributed by atoms with Crippen LogP contribution in [0.25, 0.3) is 0 Å². The minimum Gasteiger partial charge on any atom is -0.489 e. The molecular weight excluding hydrogens is 257 g/mol. The molecule has 2 unspecified atom stereocenters. The Morgan fingerprint density at radius 1 is 1.61 bits per heavy atom. The number of nitrogens with one attached hydrogen (secondary N) is 1. The molecule has 0 radical (unpaired) electrons. The van der Waals surface area contributed by atoms with E-state index in [1.165, 1.54) is 6.07 Å². The summed E-state index contributed by atoms with van der Waals surface area (Å²) < 4.78 is 24.4. The maximum Gasteiger partial charge on any atom is 0.166 e. The van der Waals surface area contributed by atoms with E-state index in [4.69, 9.17) is 21.1 Å². The summed E-state index contributed by atoms with van der Waals surface area (Å²) in [5.41, 5.74) is 0. The van der Waals surface area contributed by atoms with Crippen LogP contribution in [-0.2, 0) is 4.74 Å². The Kier molecular flexibility index (Phi) is 4.80. The lowest BCUT2D eigenvalue weighted by molar-refractivity contribution is 0.161. The molecule has 0 aromatic heterocycles. The average Bonchev–Trinajstić information content (AvgIpc) is 2.86. The third-order valence-electron chi connectivity index (χ3n) is 3.22. The number of halogens is 2. The van der Waals surface area contributed by atoms with Crippen LogP contribution in [0.3, 0.4) is 0 Å². The summed E-state index contributed by atoms with van der Waals surface area (Å²) in [5, 5.41) is 3.56. The van der Waals surface area contributed by atoms with Gasteiger partial charge in [0.2, 0.25) is 0 Å². The minimum atomic E-state index is -0.431. The molecule has 1 heterocycles. The second kappa shape index (κ2) is 6.36. The minimum absolute atomic E-state index is 0.169. The van der Waals surface area contributed by atoms with Gasteiger partial charge in [-0.1, -0.05) is 11.6 Å². The first-order chi connectivity index (χ1) is 8.70. The number of likely N-dealkylation sites (N-methyl/N-ethyl adjacent to an activating group) is 1. The van der Waals surface area contributed by atoms with Crippen molar-refractivity contribution in [1.29, 1.82) is 0 Å². The van der Waals surface area contributed by atoms with E-state index in [1.54, 1.807) is 12.1 Å². The number of hydrogen-bond donors (Lipinski definition) is 1. The van der Waals surface area contributed by atoms with E-state index >= 15 is 0 Å². The van der Waals surface area contributed by atoms with Crippen LogP contribution >= 0.6 is 11.6 Å². The zero-order valence-electron chi connectivity index (χ0n) is 10.3. The molecule has 0 saturated carbocycles. The number of hydrogen-bond acceptors (Lipinski definition) is 3. The summed E-state index contributed by atoms with van der Waals surface area (Å²) in [6.45, 7) is 1.94. The zero-order valence-corrected chi connectivity index (χ0v) is 11.0. The molecule has 1 aliphatic rings. The molecule has 1 saturated heterocycles. The summed E-state index contributed by atoms with van der Waals surface area (Å²) in [6, 6.07) is 4.59. The Morgan fingerprint density at radius 3 is 3.06 bits per heavy atom. The Labute approximate surface area is 111 Å². The van der Waals surface area contributed by atoms with Crippen LogP contribution in [-0.4, -0.2) is 32.9 Å². The van der Waals surface area contributed by atoms with Gasteiger partial charge in [0, 0.05) is 23.6 Å². The molecule has 2 atom stereocenters. The van der Waals surface area contributed by atoms with Crippen LogP contribution in [0.15, 0.2) is 18.2 Å². The third-order valence-corrected chi connectivity index (χ3v) is 3.45. The first kappa shape index (κ1) is 13.6. The van der Waals surface area contributed by atoms with Crippen molar-refractivity contribution < 1.29 is 13.9 Å². The van der Waals surface area contributed by atoms with Gasteiger partial charge < -0.3 is 14.8 Å². The quantitative estimate of drug-likeness (QED) is 0.894. The number of ether oxygens (including phenoxy) is 2. The molecule has 0 bridgehead atoms. The molecule has 2 rings (SSSR count). The van der Waals surface area contributed by atoms with Gasteiger partial charge in [-0.2, -0.15) is 0 Å². The van der Waals surface area contributed by atoms with Gasteiger partial charge in [-0.15, -0.1) is 0 Å². The molecule has 100 valence electrons. The highest BCUT2D eigenvalue weighted by Crippen LogP contribution is 2.22. The Morgan fingerprint density at radius 2 is 2.44 bits per heavy atom. The molecule has 0 aliphatic carbocycles. The monoisotopic (exact) mass is 273 g/mol. The maximum atomic E-state index is 13.5. The van der Waals surface area contributed by atoms with Crippen LogP contribution in [0, 0.1) is 11.7 Å². The van der Waals surface area contributed by atoms with Crippen LogP contribution < -0.4 is 10.1 Å². The molecule has 1 fully saturated rings. The van der Waals surface area contributed by atoms with E-state index in [9.17, 15) is 4.39 Å². The van der Waals surface area contributed by atoms with Crippen molar-refractivity contribution in [3.8, 4) is 5.75 Å². The van der Waals surface area contributed by atoms with E-state index in [0.717, 1.165) is 19.6 Å². The van der Waals surface area contributed by atoms with E-state index < -0.39 is 5.82 Å². The Balaban J connectivity index is 1.92. The fourth-order valence-corrected chi connectivity index (χ4v) is 2.26. The van der Waals surface area contributed by atoms with Crippen molar-refractivity contribution in [2.75, 3.05) is 26.9 Å². The van der Waals surface area contributed by atoms with Gasteiger partial charge in [-0.25, -0.2) is 4.39 Å². The largest absolute Gasteiger partial charge is 0.489 e.